The van der Waals surface area contributed by atoms with E-state index in [1.54, 1.807) is 0 Å². The Hall–Kier alpha value is -7.95. The zero-order valence-corrected chi connectivity index (χ0v) is 31.9. The molecule has 0 saturated heterocycles. The number of aromatic nitrogens is 4. The van der Waals surface area contributed by atoms with Gasteiger partial charge in [0.2, 0.25) is 0 Å². The van der Waals surface area contributed by atoms with E-state index in [2.05, 4.69) is 193 Å². The lowest BCUT2D eigenvalue weighted by molar-refractivity contribution is 1.18. The lowest BCUT2D eigenvalue weighted by Crippen LogP contribution is -1.95. The minimum Gasteiger partial charge on any atom is -0.309 e. The zero-order chi connectivity index (χ0) is 38.9. The molecule has 0 aliphatic heterocycles. The SMILES string of the molecule is c1ccc(-c2ccc3ccc4ccc(-c5ccc(-c6cccc7nc(-c8ccccc8)c8c(ccc9c8c8ccccc8n9-c8ccccc8)c67)cc5)nc4c3n2)cc1. The minimum absolute atomic E-state index is 0.905. The summed E-state index contributed by atoms with van der Waals surface area (Å²) in [6, 6.07) is 73.1. The van der Waals surface area contributed by atoms with Crippen LogP contribution < -0.4 is 0 Å². The average Bonchev–Trinajstić information content (AvgIpc) is 3.66. The van der Waals surface area contributed by atoms with Crippen molar-refractivity contribution < 1.29 is 0 Å². The van der Waals surface area contributed by atoms with Gasteiger partial charge in [0, 0.05) is 54.7 Å². The smallest absolute Gasteiger partial charge is 0.0972 e. The van der Waals surface area contributed by atoms with Gasteiger partial charge in [0.1, 0.15) is 0 Å². The maximum absolute atomic E-state index is 5.52. The molecule has 274 valence electrons. The molecule has 4 nitrogen and oxygen atoms in total. The van der Waals surface area contributed by atoms with Crippen LogP contribution in [0, 0.1) is 0 Å². The lowest BCUT2D eigenvalue weighted by atomic mass is 9.91. The third-order valence-electron chi connectivity index (χ3n) is 11.8. The monoisotopic (exact) mass is 750 g/mol. The molecule has 0 unspecified atom stereocenters. The fourth-order valence-corrected chi connectivity index (χ4v) is 9.03. The summed E-state index contributed by atoms with van der Waals surface area (Å²) in [4.78, 5) is 15.9. The highest BCUT2D eigenvalue weighted by Gasteiger charge is 2.21. The summed E-state index contributed by atoms with van der Waals surface area (Å²) in [6.45, 7) is 0. The molecule has 59 heavy (non-hydrogen) atoms. The van der Waals surface area contributed by atoms with Crippen LogP contribution in [0.25, 0.3) is 116 Å². The van der Waals surface area contributed by atoms with E-state index < -0.39 is 0 Å². The maximum atomic E-state index is 5.52. The van der Waals surface area contributed by atoms with Gasteiger partial charge >= 0.3 is 0 Å². The summed E-state index contributed by atoms with van der Waals surface area (Å²) in [7, 11) is 0. The first kappa shape index (κ1) is 33.2. The first-order valence-corrected chi connectivity index (χ1v) is 20.0. The zero-order valence-electron chi connectivity index (χ0n) is 31.9. The van der Waals surface area contributed by atoms with Gasteiger partial charge in [0.25, 0.3) is 0 Å². The van der Waals surface area contributed by atoms with Crippen molar-refractivity contribution in [2.45, 2.75) is 0 Å². The van der Waals surface area contributed by atoms with Gasteiger partial charge in [0.05, 0.1) is 44.7 Å². The summed E-state index contributed by atoms with van der Waals surface area (Å²) in [6.07, 6.45) is 0. The Kier molecular flexibility index (Phi) is 7.50. The predicted octanol–water partition coefficient (Wildman–Crippen LogP) is 14.2. The van der Waals surface area contributed by atoms with Crippen LogP contribution in [-0.4, -0.2) is 19.5 Å². The number of hydrogen-bond donors (Lipinski definition) is 0. The number of hydrogen-bond acceptors (Lipinski definition) is 3. The largest absolute Gasteiger partial charge is 0.309 e. The van der Waals surface area contributed by atoms with Crippen molar-refractivity contribution in [2.24, 2.45) is 0 Å². The third kappa shape index (κ3) is 5.34. The summed E-state index contributed by atoms with van der Waals surface area (Å²) in [5.74, 6) is 0. The van der Waals surface area contributed by atoms with E-state index in [-0.39, 0.29) is 0 Å². The molecule has 0 aliphatic carbocycles. The highest BCUT2D eigenvalue weighted by molar-refractivity contribution is 6.29. The number of para-hydroxylation sites is 2. The normalized spacial score (nSPS) is 11.7. The standard InChI is InChI=1S/C55H34N4/c1-4-13-36(14-5-1)45-32-29-39-27-28-40-30-33-46(57-55(40)54(39)56-45)37-25-23-35(24-26-37)42-20-12-21-47-50(42)44-31-34-49-51(52(44)53(58-47)38-15-6-2-7-16-38)43-19-10-11-22-48(43)59(49)41-17-8-3-9-18-41/h1-34H. The van der Waals surface area contributed by atoms with Crippen molar-refractivity contribution in [3.8, 4) is 50.6 Å². The van der Waals surface area contributed by atoms with E-state index in [0.717, 1.165) is 94.2 Å². The Labute approximate surface area is 340 Å². The molecule has 4 aromatic heterocycles. The molecule has 0 atom stereocenters. The Morgan fingerprint density at radius 1 is 0.322 bits per heavy atom. The number of pyridine rings is 3. The van der Waals surface area contributed by atoms with Crippen molar-refractivity contribution in [1.82, 2.24) is 19.5 Å². The number of rotatable bonds is 5. The van der Waals surface area contributed by atoms with E-state index in [4.69, 9.17) is 15.0 Å². The van der Waals surface area contributed by atoms with Crippen LogP contribution in [0.4, 0.5) is 0 Å². The molecule has 4 heterocycles. The predicted molar refractivity (Wildman–Crippen MR) is 246 cm³/mol. The Balaban J connectivity index is 1.04. The number of fused-ring (bicyclic) bond motifs is 10. The van der Waals surface area contributed by atoms with Crippen molar-refractivity contribution >= 4 is 65.3 Å². The van der Waals surface area contributed by atoms with E-state index in [1.165, 1.54) is 21.7 Å². The van der Waals surface area contributed by atoms with Crippen molar-refractivity contribution in [3.05, 3.63) is 206 Å². The highest BCUT2D eigenvalue weighted by Crippen LogP contribution is 2.45. The molecular formula is C55H34N4. The second-order valence-corrected chi connectivity index (χ2v) is 15.1. The Bertz CT molecular complexity index is 3580. The van der Waals surface area contributed by atoms with Gasteiger partial charge in [-0.15, -0.1) is 0 Å². The van der Waals surface area contributed by atoms with E-state index in [9.17, 15) is 0 Å². The second kappa shape index (κ2) is 13.3. The number of nitrogens with zero attached hydrogens (tertiary/aromatic N) is 4. The highest BCUT2D eigenvalue weighted by atomic mass is 15.0. The van der Waals surface area contributed by atoms with Gasteiger partial charge in [0.15, 0.2) is 0 Å². The minimum atomic E-state index is 0.905. The van der Waals surface area contributed by atoms with Crippen LogP contribution in [0.15, 0.2) is 206 Å². The molecular weight excluding hydrogens is 717 g/mol. The Morgan fingerprint density at radius 2 is 0.898 bits per heavy atom. The molecule has 12 rings (SSSR count). The molecule has 4 heteroatoms. The van der Waals surface area contributed by atoms with Crippen LogP contribution in [0.2, 0.25) is 0 Å². The molecule has 0 aliphatic rings. The van der Waals surface area contributed by atoms with Crippen molar-refractivity contribution in [3.63, 3.8) is 0 Å². The summed E-state index contributed by atoms with van der Waals surface area (Å²) >= 11 is 0. The first-order chi connectivity index (χ1) is 29.3. The van der Waals surface area contributed by atoms with Gasteiger partial charge in [-0.1, -0.05) is 164 Å². The van der Waals surface area contributed by atoms with E-state index >= 15 is 0 Å². The molecule has 0 saturated carbocycles. The van der Waals surface area contributed by atoms with Crippen LogP contribution in [0.3, 0.4) is 0 Å². The van der Waals surface area contributed by atoms with Crippen LogP contribution in [0.1, 0.15) is 0 Å². The molecule has 0 amide bonds. The molecule has 0 N–H and O–H groups in total. The lowest BCUT2D eigenvalue weighted by Gasteiger charge is -2.16. The topological polar surface area (TPSA) is 43.6 Å². The van der Waals surface area contributed by atoms with Gasteiger partial charge in [-0.05, 0) is 59.0 Å². The fraction of sp³-hybridized carbons (Fsp3) is 0. The first-order valence-electron chi connectivity index (χ1n) is 20.0. The van der Waals surface area contributed by atoms with E-state index in [0.29, 0.717) is 0 Å². The summed E-state index contributed by atoms with van der Waals surface area (Å²) in [5.41, 5.74) is 14.6. The quantitative estimate of drug-likeness (QED) is 0.165. The molecule has 12 aromatic rings. The Morgan fingerprint density at radius 3 is 1.59 bits per heavy atom. The van der Waals surface area contributed by atoms with Gasteiger partial charge in [-0.25, -0.2) is 15.0 Å². The van der Waals surface area contributed by atoms with Gasteiger partial charge in [-0.2, -0.15) is 0 Å². The second-order valence-electron chi connectivity index (χ2n) is 15.1. The number of benzene rings is 8. The fourth-order valence-electron chi connectivity index (χ4n) is 9.03. The molecule has 8 aromatic carbocycles. The average molecular weight is 751 g/mol. The third-order valence-corrected chi connectivity index (χ3v) is 11.8. The van der Waals surface area contributed by atoms with E-state index in [1.807, 2.05) is 18.2 Å². The molecule has 0 fully saturated rings. The maximum Gasteiger partial charge on any atom is 0.0972 e. The summed E-state index contributed by atoms with van der Waals surface area (Å²) in [5, 5.41) is 8.05. The van der Waals surface area contributed by atoms with Crippen LogP contribution in [0.5, 0.6) is 0 Å². The van der Waals surface area contributed by atoms with Crippen molar-refractivity contribution in [1.29, 1.82) is 0 Å². The van der Waals surface area contributed by atoms with Gasteiger partial charge in [-0.3, -0.25) is 0 Å². The molecule has 0 bridgehead atoms. The van der Waals surface area contributed by atoms with Crippen molar-refractivity contribution in [2.75, 3.05) is 0 Å². The van der Waals surface area contributed by atoms with Crippen LogP contribution >= 0.6 is 0 Å². The summed E-state index contributed by atoms with van der Waals surface area (Å²) < 4.78 is 2.38. The molecule has 0 radical (unpaired) electrons. The molecule has 0 spiro atoms. The van der Waals surface area contributed by atoms with Gasteiger partial charge < -0.3 is 4.57 Å². The van der Waals surface area contributed by atoms with Crippen LogP contribution in [-0.2, 0) is 0 Å².